The summed E-state index contributed by atoms with van der Waals surface area (Å²) in [7, 11) is 0.156. The van der Waals surface area contributed by atoms with Crippen LogP contribution in [0.15, 0.2) is 35.5 Å². The molecule has 8 atom stereocenters. The van der Waals surface area contributed by atoms with Crippen LogP contribution in [0.1, 0.15) is 99.3 Å². The molecule has 3 heteroatoms. The molecule has 0 unspecified atom stereocenters. The van der Waals surface area contributed by atoms with Gasteiger partial charge in [0.05, 0.1) is 6.10 Å². The maximum Gasteiger partial charge on any atom is 0.192 e. The molecule has 4 saturated carbocycles. The lowest BCUT2D eigenvalue weighted by Gasteiger charge is -2.55. The predicted molar refractivity (Wildman–Crippen MR) is 159 cm³/mol. The molecule has 0 amide bonds. The van der Waals surface area contributed by atoms with E-state index < -0.39 is 8.32 Å². The van der Waals surface area contributed by atoms with Crippen LogP contribution in [0.3, 0.4) is 0 Å². The first-order valence-electron chi connectivity index (χ1n) is 15.6. The van der Waals surface area contributed by atoms with E-state index in [1.807, 2.05) is 12.7 Å². The standard InChI is InChI=1S/C34H56O2Si/c1-23(10-17-31(35-7)24-11-12-24)28-15-16-29-27-14-13-25-22-26(36-37(8,9)32(2,3)4)18-20-33(25,5)30(27)19-21-34(28,29)6/h10,13-14,17,23-24,26,28-31H,11-12,15-16,18-22H2,1-9H3/b17-10+/t23-,26-,28+,29-,30-,31+,33-,34+/m0/s1. The Hall–Kier alpha value is -0.643. The summed E-state index contributed by atoms with van der Waals surface area (Å²) in [6, 6.07) is 0. The maximum atomic E-state index is 6.93. The van der Waals surface area contributed by atoms with Gasteiger partial charge in [-0.15, -0.1) is 0 Å². The van der Waals surface area contributed by atoms with Crippen LogP contribution in [0.5, 0.6) is 0 Å². The summed E-state index contributed by atoms with van der Waals surface area (Å²) in [5, 5.41) is 0.281. The van der Waals surface area contributed by atoms with E-state index >= 15 is 0 Å². The smallest absolute Gasteiger partial charge is 0.192 e. The van der Waals surface area contributed by atoms with Crippen LogP contribution in [0.25, 0.3) is 0 Å². The average Bonchev–Trinajstić information content (AvgIpc) is 3.59. The molecule has 0 aromatic rings. The number of hydrogen-bond donors (Lipinski definition) is 0. The van der Waals surface area contributed by atoms with Crippen molar-refractivity contribution < 1.29 is 9.16 Å². The number of rotatable bonds is 7. The fourth-order valence-electron chi connectivity index (χ4n) is 8.84. The van der Waals surface area contributed by atoms with Crippen LogP contribution in [0, 0.1) is 40.4 Å². The lowest BCUT2D eigenvalue weighted by atomic mass is 9.50. The Balaban J connectivity index is 1.32. The van der Waals surface area contributed by atoms with E-state index in [4.69, 9.17) is 9.16 Å². The normalized spacial score (nSPS) is 39.9. The molecular formula is C34H56O2Si. The van der Waals surface area contributed by atoms with Gasteiger partial charge in [-0.05, 0) is 116 Å². The van der Waals surface area contributed by atoms with Crippen LogP contribution < -0.4 is 0 Å². The number of hydrogen-bond acceptors (Lipinski definition) is 2. The molecule has 0 aliphatic heterocycles. The number of allylic oxidation sites excluding steroid dienone is 4. The molecule has 5 rings (SSSR count). The van der Waals surface area contributed by atoms with Crippen molar-refractivity contribution in [2.75, 3.05) is 7.11 Å². The third kappa shape index (κ3) is 4.93. The summed E-state index contributed by atoms with van der Waals surface area (Å²) in [6.07, 6.45) is 22.7. The van der Waals surface area contributed by atoms with Crippen molar-refractivity contribution in [3.05, 3.63) is 35.5 Å². The summed E-state index contributed by atoms with van der Waals surface area (Å²) in [5.74, 6) is 3.71. The van der Waals surface area contributed by atoms with Crippen LogP contribution in [0.4, 0.5) is 0 Å². The van der Waals surface area contributed by atoms with Crippen LogP contribution in [-0.2, 0) is 9.16 Å². The molecule has 0 N–H and O–H groups in total. The minimum Gasteiger partial charge on any atom is -0.414 e. The first-order valence-corrected chi connectivity index (χ1v) is 18.5. The van der Waals surface area contributed by atoms with E-state index in [0.717, 1.165) is 30.1 Å². The van der Waals surface area contributed by atoms with Gasteiger partial charge in [0, 0.05) is 13.2 Å². The molecular weight excluding hydrogens is 468 g/mol. The van der Waals surface area contributed by atoms with Crippen LogP contribution in [0.2, 0.25) is 18.1 Å². The summed E-state index contributed by atoms with van der Waals surface area (Å²) in [5.41, 5.74) is 4.29. The monoisotopic (exact) mass is 524 g/mol. The van der Waals surface area contributed by atoms with E-state index in [-0.39, 0.29) is 5.04 Å². The Kier molecular flexibility index (Phi) is 7.37. The lowest BCUT2D eigenvalue weighted by molar-refractivity contribution is 0.0404. The largest absolute Gasteiger partial charge is 0.414 e. The number of methoxy groups -OCH3 is 1. The lowest BCUT2D eigenvalue weighted by Crippen LogP contribution is -2.49. The highest BCUT2D eigenvalue weighted by molar-refractivity contribution is 6.74. The fourth-order valence-corrected chi connectivity index (χ4v) is 10.2. The van der Waals surface area contributed by atoms with Gasteiger partial charge in [-0.2, -0.15) is 0 Å². The van der Waals surface area contributed by atoms with Crippen LogP contribution >= 0.6 is 0 Å². The molecule has 0 radical (unpaired) electrons. The highest BCUT2D eigenvalue weighted by atomic mass is 28.4. The Morgan fingerprint density at radius 3 is 2.32 bits per heavy atom. The van der Waals surface area contributed by atoms with Crippen molar-refractivity contribution in [3.8, 4) is 0 Å². The highest BCUT2D eigenvalue weighted by Crippen LogP contribution is 2.66. The molecule has 4 fully saturated rings. The van der Waals surface area contributed by atoms with Gasteiger partial charge in [-0.25, -0.2) is 0 Å². The Bertz CT molecular complexity index is 949. The average molecular weight is 525 g/mol. The van der Waals surface area contributed by atoms with Crippen molar-refractivity contribution in [3.63, 3.8) is 0 Å². The van der Waals surface area contributed by atoms with E-state index in [1.165, 1.54) is 51.4 Å². The second kappa shape index (κ2) is 9.77. The number of ether oxygens (including phenoxy) is 1. The highest BCUT2D eigenvalue weighted by Gasteiger charge is 2.57. The van der Waals surface area contributed by atoms with E-state index in [1.54, 1.807) is 5.57 Å². The molecule has 37 heavy (non-hydrogen) atoms. The van der Waals surface area contributed by atoms with Gasteiger partial charge in [0.1, 0.15) is 0 Å². The van der Waals surface area contributed by atoms with Crippen molar-refractivity contribution >= 4 is 8.32 Å². The van der Waals surface area contributed by atoms with E-state index in [2.05, 4.69) is 78.9 Å². The molecule has 0 aromatic carbocycles. The van der Waals surface area contributed by atoms with Gasteiger partial charge in [0.25, 0.3) is 0 Å². The Morgan fingerprint density at radius 1 is 0.946 bits per heavy atom. The molecule has 208 valence electrons. The maximum absolute atomic E-state index is 6.93. The molecule has 0 saturated heterocycles. The van der Waals surface area contributed by atoms with Crippen molar-refractivity contribution in [1.82, 2.24) is 0 Å². The van der Waals surface area contributed by atoms with Gasteiger partial charge in [-0.3, -0.25) is 0 Å². The van der Waals surface area contributed by atoms with Crippen LogP contribution in [-0.4, -0.2) is 27.6 Å². The fraction of sp³-hybridized carbons (Fsp3) is 0.824. The molecule has 0 bridgehead atoms. The van der Waals surface area contributed by atoms with Gasteiger partial charge < -0.3 is 9.16 Å². The molecule has 5 aliphatic rings. The second-order valence-electron chi connectivity index (χ2n) is 15.6. The molecule has 0 heterocycles. The van der Waals surface area contributed by atoms with Crippen molar-refractivity contribution in [2.45, 2.75) is 130 Å². The van der Waals surface area contributed by atoms with Gasteiger partial charge in [0.2, 0.25) is 0 Å². The predicted octanol–water partition coefficient (Wildman–Crippen LogP) is 9.49. The third-order valence-electron chi connectivity index (χ3n) is 12.5. The summed E-state index contributed by atoms with van der Waals surface area (Å²) < 4.78 is 12.7. The van der Waals surface area contributed by atoms with Gasteiger partial charge >= 0.3 is 0 Å². The minimum absolute atomic E-state index is 0.281. The van der Waals surface area contributed by atoms with Crippen molar-refractivity contribution in [1.29, 1.82) is 0 Å². The summed E-state index contributed by atoms with van der Waals surface area (Å²) >= 11 is 0. The molecule has 0 aromatic heterocycles. The number of fused-ring (bicyclic) bond motifs is 5. The topological polar surface area (TPSA) is 18.5 Å². The minimum atomic E-state index is -1.73. The first-order chi connectivity index (χ1) is 17.3. The zero-order chi connectivity index (χ0) is 26.8. The molecule has 5 aliphatic carbocycles. The molecule has 2 nitrogen and oxygen atoms in total. The first kappa shape index (κ1) is 27.9. The second-order valence-corrected chi connectivity index (χ2v) is 20.4. The summed E-state index contributed by atoms with van der Waals surface area (Å²) in [4.78, 5) is 0. The quantitative estimate of drug-likeness (QED) is 0.244. The van der Waals surface area contributed by atoms with Gasteiger partial charge in [0.15, 0.2) is 8.32 Å². The Labute approximate surface area is 229 Å². The van der Waals surface area contributed by atoms with Gasteiger partial charge in [-0.1, -0.05) is 77.0 Å². The molecule has 0 spiro atoms. The zero-order valence-electron chi connectivity index (χ0n) is 25.5. The van der Waals surface area contributed by atoms with E-state index in [0.29, 0.717) is 29.0 Å². The summed E-state index contributed by atoms with van der Waals surface area (Å²) in [6.45, 7) is 19.7. The SMILES string of the molecule is CO[C@H](/C=C/[C@H](C)[C@H]1CC[C@H]2C3=CC=C4C[C@@H](O[Si](C)(C)C(C)(C)C)CC[C@]4(C)[C@H]3CC[C@]12C)C1CC1. The Morgan fingerprint density at radius 2 is 1.68 bits per heavy atom. The van der Waals surface area contributed by atoms with Crippen molar-refractivity contribution in [2.24, 2.45) is 40.4 Å². The zero-order valence-corrected chi connectivity index (χ0v) is 26.5. The van der Waals surface area contributed by atoms with E-state index in [9.17, 15) is 0 Å². The third-order valence-corrected chi connectivity index (χ3v) is 17.0.